The summed E-state index contributed by atoms with van der Waals surface area (Å²) in [4.78, 5) is 24.9. The van der Waals surface area contributed by atoms with Crippen molar-refractivity contribution in [2.24, 2.45) is 5.10 Å². The van der Waals surface area contributed by atoms with Crippen LogP contribution in [0.4, 0.5) is 0 Å². The van der Waals surface area contributed by atoms with Gasteiger partial charge in [0.25, 0.3) is 5.91 Å². The molecule has 7 heteroatoms. The van der Waals surface area contributed by atoms with Crippen LogP contribution in [-0.4, -0.2) is 29.0 Å². The van der Waals surface area contributed by atoms with Gasteiger partial charge in [0.15, 0.2) is 0 Å². The van der Waals surface area contributed by atoms with Gasteiger partial charge in [0.1, 0.15) is 11.5 Å². The third-order valence-electron chi connectivity index (χ3n) is 2.86. The molecule has 0 bridgehead atoms. The summed E-state index contributed by atoms with van der Waals surface area (Å²) in [7, 11) is 0. The van der Waals surface area contributed by atoms with Gasteiger partial charge in [0.05, 0.1) is 25.3 Å². The second kappa shape index (κ2) is 6.52. The van der Waals surface area contributed by atoms with Gasteiger partial charge in [-0.05, 0) is 12.1 Å². The molecule has 104 valence electrons. The molecule has 0 aliphatic carbocycles. The highest BCUT2D eigenvalue weighted by Crippen LogP contribution is 2.10. The van der Waals surface area contributed by atoms with Gasteiger partial charge in [-0.2, -0.15) is 10.4 Å². The van der Waals surface area contributed by atoms with Crippen molar-refractivity contribution in [1.82, 2.24) is 10.3 Å². The number of nitrogens with zero attached hydrogens (tertiary/aromatic N) is 3. The summed E-state index contributed by atoms with van der Waals surface area (Å²) < 4.78 is 5.21. The van der Waals surface area contributed by atoms with E-state index in [1.165, 1.54) is 11.2 Å². The Balaban J connectivity index is 2.07. The first kappa shape index (κ1) is 13.8. The number of furan rings is 1. The third kappa shape index (κ3) is 3.45. The van der Waals surface area contributed by atoms with Crippen LogP contribution in [0.2, 0.25) is 0 Å². The van der Waals surface area contributed by atoms with Crippen LogP contribution in [0, 0.1) is 11.3 Å². The molecule has 20 heavy (non-hydrogen) atoms. The molecule has 0 fully saturated rings. The average Bonchev–Trinajstić information content (AvgIpc) is 2.96. The Morgan fingerprint density at radius 2 is 2.40 bits per heavy atom. The van der Waals surface area contributed by atoms with Gasteiger partial charge >= 0.3 is 0 Å². The van der Waals surface area contributed by atoms with E-state index in [1.807, 2.05) is 6.07 Å². The largest absolute Gasteiger partial charge is 0.467 e. The summed E-state index contributed by atoms with van der Waals surface area (Å²) in [6.45, 7) is 0.573. The van der Waals surface area contributed by atoms with Crippen molar-refractivity contribution in [1.29, 1.82) is 5.26 Å². The molecule has 7 nitrogen and oxygen atoms in total. The lowest BCUT2D eigenvalue weighted by atomic mass is 10.1. The van der Waals surface area contributed by atoms with Crippen molar-refractivity contribution < 1.29 is 14.0 Å². The minimum Gasteiger partial charge on any atom is -0.467 e. The maximum Gasteiger partial charge on any atom is 0.270 e. The summed E-state index contributed by atoms with van der Waals surface area (Å²) in [5, 5.41) is 12.5. The molecule has 1 aliphatic heterocycles. The van der Waals surface area contributed by atoms with Crippen molar-refractivity contribution >= 4 is 17.5 Å². The molecule has 0 saturated carbocycles. The maximum absolute atomic E-state index is 12.3. The molecule has 2 rings (SSSR count). The van der Waals surface area contributed by atoms with Gasteiger partial charge in [-0.3, -0.25) is 9.59 Å². The number of hydrogen-bond donors (Lipinski definition) is 1. The van der Waals surface area contributed by atoms with Crippen molar-refractivity contribution in [3.05, 3.63) is 24.2 Å². The van der Waals surface area contributed by atoms with Crippen LogP contribution >= 0.6 is 0 Å². The summed E-state index contributed by atoms with van der Waals surface area (Å²) >= 11 is 0. The number of nitriles is 1. The predicted molar refractivity (Wildman–Crippen MR) is 69.2 cm³/mol. The number of carbonyl (C=O) groups is 2. The lowest BCUT2D eigenvalue weighted by Gasteiger charge is -2.22. The molecule has 0 spiro atoms. The number of hydrazone groups is 1. The van der Waals surface area contributed by atoms with Crippen molar-refractivity contribution in [3.63, 3.8) is 0 Å². The molecule has 1 N–H and O–H groups in total. The van der Waals surface area contributed by atoms with Gasteiger partial charge in [0.2, 0.25) is 5.91 Å². The smallest absolute Gasteiger partial charge is 0.270 e. The first-order valence-electron chi connectivity index (χ1n) is 6.24. The molecule has 1 aliphatic rings. The van der Waals surface area contributed by atoms with E-state index in [0.29, 0.717) is 24.4 Å². The van der Waals surface area contributed by atoms with Crippen molar-refractivity contribution in [2.75, 3.05) is 6.54 Å². The number of nitrogens with one attached hydrogen (secondary N) is 1. The molecule has 1 aromatic heterocycles. The normalized spacial score (nSPS) is 14.2. The zero-order valence-electron chi connectivity index (χ0n) is 10.8. The lowest BCUT2D eigenvalue weighted by Crippen LogP contribution is -2.40. The fourth-order valence-corrected chi connectivity index (χ4v) is 1.84. The molecule has 1 aromatic rings. The Morgan fingerprint density at radius 3 is 3.00 bits per heavy atom. The van der Waals surface area contributed by atoms with E-state index in [4.69, 9.17) is 9.68 Å². The standard InChI is InChI=1S/C13H14N4O3/c14-6-2-7-17(9-10-3-1-8-20-10)13(19)11-4-5-12(18)16-15-11/h1,3,8H,2,4-5,7,9H2,(H,16,18). The summed E-state index contributed by atoms with van der Waals surface area (Å²) in [6.07, 6.45) is 2.32. The molecular weight excluding hydrogens is 260 g/mol. The third-order valence-corrected chi connectivity index (χ3v) is 2.86. The molecule has 0 aromatic carbocycles. The van der Waals surface area contributed by atoms with E-state index in [1.54, 1.807) is 12.1 Å². The summed E-state index contributed by atoms with van der Waals surface area (Å²) in [6, 6.07) is 5.51. The molecule has 2 amide bonds. The van der Waals surface area contributed by atoms with E-state index in [9.17, 15) is 9.59 Å². The second-order valence-corrected chi connectivity index (χ2v) is 4.31. The Morgan fingerprint density at radius 1 is 1.55 bits per heavy atom. The summed E-state index contributed by atoms with van der Waals surface area (Å²) in [5.74, 6) is 0.157. The Bertz CT molecular complexity index is 557. The average molecular weight is 274 g/mol. The van der Waals surface area contributed by atoms with Gasteiger partial charge in [-0.1, -0.05) is 0 Å². The highest BCUT2D eigenvalue weighted by atomic mass is 16.3. The Kier molecular flexibility index (Phi) is 4.50. The molecular formula is C13H14N4O3. The maximum atomic E-state index is 12.3. The fraction of sp³-hybridized carbons (Fsp3) is 0.385. The Labute approximate surface area is 115 Å². The van der Waals surface area contributed by atoms with E-state index in [2.05, 4.69) is 10.5 Å². The van der Waals surface area contributed by atoms with Crippen LogP contribution < -0.4 is 5.43 Å². The van der Waals surface area contributed by atoms with Crippen molar-refractivity contribution in [2.45, 2.75) is 25.8 Å². The Hall–Kier alpha value is -2.62. The molecule has 0 atom stereocenters. The number of hydrogen-bond acceptors (Lipinski definition) is 5. The van der Waals surface area contributed by atoms with Crippen LogP contribution in [-0.2, 0) is 16.1 Å². The summed E-state index contributed by atoms with van der Waals surface area (Å²) in [5.41, 5.74) is 2.60. The number of rotatable bonds is 5. The minimum absolute atomic E-state index is 0.198. The molecule has 0 unspecified atom stereocenters. The zero-order chi connectivity index (χ0) is 14.4. The fourth-order valence-electron chi connectivity index (χ4n) is 1.84. The minimum atomic E-state index is -0.281. The van der Waals surface area contributed by atoms with Crippen LogP contribution in [0.1, 0.15) is 25.0 Å². The van der Waals surface area contributed by atoms with Crippen LogP contribution in [0.25, 0.3) is 0 Å². The SMILES string of the molecule is N#CCCN(Cc1ccco1)C(=O)C1=NNC(=O)CC1. The molecule has 0 radical (unpaired) electrons. The van der Waals surface area contributed by atoms with E-state index >= 15 is 0 Å². The van der Waals surface area contributed by atoms with E-state index < -0.39 is 0 Å². The monoisotopic (exact) mass is 274 g/mol. The van der Waals surface area contributed by atoms with Gasteiger partial charge in [0, 0.05) is 19.4 Å². The molecule has 0 saturated heterocycles. The second-order valence-electron chi connectivity index (χ2n) is 4.31. The highest BCUT2D eigenvalue weighted by molar-refractivity contribution is 6.39. The van der Waals surface area contributed by atoms with Gasteiger partial charge in [-0.25, -0.2) is 5.43 Å². The molecule has 2 heterocycles. The number of carbonyl (C=O) groups excluding carboxylic acids is 2. The highest BCUT2D eigenvalue weighted by Gasteiger charge is 2.24. The first-order valence-corrected chi connectivity index (χ1v) is 6.24. The quantitative estimate of drug-likeness (QED) is 0.857. The van der Waals surface area contributed by atoms with Crippen molar-refractivity contribution in [3.8, 4) is 6.07 Å². The number of amides is 2. The lowest BCUT2D eigenvalue weighted by molar-refractivity contribution is -0.125. The van der Waals surface area contributed by atoms with Gasteiger partial charge in [-0.15, -0.1) is 0 Å². The van der Waals surface area contributed by atoms with Crippen LogP contribution in [0.5, 0.6) is 0 Å². The van der Waals surface area contributed by atoms with Gasteiger partial charge < -0.3 is 9.32 Å². The predicted octanol–water partition coefficient (Wildman–Crippen LogP) is 0.788. The first-order chi connectivity index (χ1) is 9.70. The van der Waals surface area contributed by atoms with Crippen LogP contribution in [0.15, 0.2) is 27.9 Å². The zero-order valence-corrected chi connectivity index (χ0v) is 10.8. The van der Waals surface area contributed by atoms with E-state index in [-0.39, 0.29) is 31.2 Å². The van der Waals surface area contributed by atoms with Crippen LogP contribution in [0.3, 0.4) is 0 Å². The topological polar surface area (TPSA) is 98.7 Å². The van der Waals surface area contributed by atoms with E-state index in [0.717, 1.165) is 0 Å².